The molecule has 0 aromatic rings. The Labute approximate surface area is 98.1 Å². The number of rotatable bonds is 3. The number of nitrogens with one attached hydrogen (secondary N) is 1. The van der Waals surface area contributed by atoms with Gasteiger partial charge in [-0.3, -0.25) is 9.59 Å². The van der Waals surface area contributed by atoms with Crippen LogP contribution in [0.25, 0.3) is 0 Å². The number of carbonyl (C=O) groups excluding carboxylic acids is 1. The number of carboxylic acids is 1. The summed E-state index contributed by atoms with van der Waals surface area (Å²) < 4.78 is 27.2. The lowest BCUT2D eigenvalue weighted by atomic mass is 9.85. The van der Waals surface area contributed by atoms with Crippen molar-refractivity contribution in [2.75, 3.05) is 24.7 Å². The van der Waals surface area contributed by atoms with Gasteiger partial charge in [-0.2, -0.15) is 0 Å². The quantitative estimate of drug-likeness (QED) is 0.593. The zero-order valence-corrected chi connectivity index (χ0v) is 9.83. The molecule has 2 rings (SSSR count). The molecule has 0 saturated carbocycles. The third-order valence-corrected chi connectivity index (χ3v) is 4.88. The van der Waals surface area contributed by atoms with Crippen molar-refractivity contribution in [3.8, 4) is 0 Å². The molecule has 96 valence electrons. The molecule has 17 heavy (non-hydrogen) atoms. The van der Waals surface area contributed by atoms with Gasteiger partial charge in [-0.05, 0) is 6.42 Å². The minimum Gasteiger partial charge on any atom is -0.480 e. The molecule has 2 N–H and O–H groups in total. The predicted molar refractivity (Wildman–Crippen MR) is 56.1 cm³/mol. The molecule has 0 radical (unpaired) electrons. The third kappa shape index (κ3) is 2.14. The van der Waals surface area contributed by atoms with E-state index in [4.69, 9.17) is 9.84 Å². The Morgan fingerprint density at radius 1 is 1.35 bits per heavy atom. The second-order valence-corrected chi connectivity index (χ2v) is 6.68. The van der Waals surface area contributed by atoms with Crippen molar-refractivity contribution in [1.82, 2.24) is 5.32 Å². The summed E-state index contributed by atoms with van der Waals surface area (Å²) in [5, 5.41) is 11.5. The van der Waals surface area contributed by atoms with Crippen molar-refractivity contribution < 1.29 is 27.9 Å². The van der Waals surface area contributed by atoms with Crippen LogP contribution in [0.4, 0.5) is 0 Å². The first-order chi connectivity index (χ1) is 7.86. The van der Waals surface area contributed by atoms with Crippen molar-refractivity contribution in [1.29, 1.82) is 0 Å². The van der Waals surface area contributed by atoms with Crippen LogP contribution in [0.15, 0.2) is 0 Å². The molecule has 0 spiro atoms. The van der Waals surface area contributed by atoms with E-state index in [2.05, 4.69) is 5.32 Å². The molecule has 2 heterocycles. The fourth-order valence-corrected chi connectivity index (χ4v) is 3.56. The molecule has 0 aliphatic carbocycles. The van der Waals surface area contributed by atoms with E-state index in [1.165, 1.54) is 0 Å². The highest BCUT2D eigenvalue weighted by molar-refractivity contribution is 7.91. The van der Waals surface area contributed by atoms with Gasteiger partial charge in [0.25, 0.3) is 0 Å². The molecule has 8 heteroatoms. The van der Waals surface area contributed by atoms with Gasteiger partial charge in [-0.15, -0.1) is 0 Å². The topological polar surface area (TPSA) is 110 Å². The van der Waals surface area contributed by atoms with Gasteiger partial charge < -0.3 is 15.2 Å². The number of aliphatic carboxylic acids is 1. The summed E-state index contributed by atoms with van der Waals surface area (Å²) in [6.45, 7) is -0.318. The number of amides is 1. The molecule has 1 unspecified atom stereocenters. The molecular weight excluding hydrogens is 250 g/mol. The van der Waals surface area contributed by atoms with Gasteiger partial charge in [0.2, 0.25) is 5.91 Å². The summed E-state index contributed by atoms with van der Waals surface area (Å²) in [6.07, 6.45) is 0.338. The number of carbonyl (C=O) groups is 2. The van der Waals surface area contributed by atoms with E-state index in [0.29, 0.717) is 6.42 Å². The summed E-state index contributed by atoms with van der Waals surface area (Å²) in [5.74, 6) is -1.97. The van der Waals surface area contributed by atoms with Gasteiger partial charge in [-0.1, -0.05) is 0 Å². The third-order valence-electron chi connectivity index (χ3n) is 3.11. The van der Waals surface area contributed by atoms with Gasteiger partial charge >= 0.3 is 5.97 Å². The summed E-state index contributed by atoms with van der Waals surface area (Å²) in [6, 6.07) is -0.482. The molecule has 0 aromatic carbocycles. The van der Waals surface area contributed by atoms with Crippen LogP contribution in [-0.2, 0) is 24.2 Å². The molecule has 2 saturated heterocycles. The van der Waals surface area contributed by atoms with Gasteiger partial charge in [0.1, 0.15) is 0 Å². The SMILES string of the molecule is O=C(O)C1(C(=O)NC2CCS(=O)(=O)C2)COC1. The highest BCUT2D eigenvalue weighted by Gasteiger charge is 2.53. The number of hydrogen-bond acceptors (Lipinski definition) is 5. The maximum absolute atomic E-state index is 11.8. The fourth-order valence-electron chi connectivity index (χ4n) is 1.89. The van der Waals surface area contributed by atoms with Gasteiger partial charge in [-0.25, -0.2) is 8.42 Å². The Morgan fingerprint density at radius 3 is 2.35 bits per heavy atom. The summed E-state index contributed by atoms with van der Waals surface area (Å²) >= 11 is 0. The Balaban J connectivity index is 2.00. The molecule has 1 amide bonds. The van der Waals surface area contributed by atoms with E-state index in [1.54, 1.807) is 0 Å². The second-order valence-electron chi connectivity index (χ2n) is 4.45. The first kappa shape index (κ1) is 12.3. The molecule has 0 aromatic heterocycles. The van der Waals surface area contributed by atoms with Crippen LogP contribution in [-0.4, -0.2) is 56.2 Å². The van der Waals surface area contributed by atoms with Crippen molar-refractivity contribution in [3.05, 3.63) is 0 Å². The molecule has 1 atom stereocenters. The number of ether oxygens (including phenoxy) is 1. The normalized spacial score (nSPS) is 29.3. The lowest BCUT2D eigenvalue weighted by molar-refractivity contribution is -0.185. The van der Waals surface area contributed by atoms with E-state index >= 15 is 0 Å². The Kier molecular flexibility index (Phi) is 2.86. The van der Waals surface area contributed by atoms with Crippen molar-refractivity contribution >= 4 is 21.7 Å². The van der Waals surface area contributed by atoms with E-state index in [1.807, 2.05) is 0 Å². The molecule has 2 fully saturated rings. The van der Waals surface area contributed by atoms with Gasteiger partial charge in [0.15, 0.2) is 15.3 Å². The van der Waals surface area contributed by atoms with Crippen LogP contribution >= 0.6 is 0 Å². The first-order valence-electron chi connectivity index (χ1n) is 5.18. The number of carboxylic acid groups (broad SMARTS) is 1. The van der Waals surface area contributed by atoms with E-state index in [-0.39, 0.29) is 24.7 Å². The lowest BCUT2D eigenvalue weighted by Crippen LogP contribution is -2.60. The predicted octanol–water partition coefficient (Wildman–Crippen LogP) is -1.61. The highest BCUT2D eigenvalue weighted by Crippen LogP contribution is 2.28. The van der Waals surface area contributed by atoms with Gasteiger partial charge in [0, 0.05) is 6.04 Å². The second kappa shape index (κ2) is 3.95. The summed E-state index contributed by atoms with van der Waals surface area (Å²) in [7, 11) is -3.09. The first-order valence-corrected chi connectivity index (χ1v) is 7.00. The monoisotopic (exact) mass is 263 g/mol. The van der Waals surface area contributed by atoms with Crippen molar-refractivity contribution in [2.45, 2.75) is 12.5 Å². The van der Waals surface area contributed by atoms with Gasteiger partial charge in [0.05, 0.1) is 24.7 Å². The van der Waals surface area contributed by atoms with E-state index in [0.717, 1.165) is 0 Å². The zero-order valence-electron chi connectivity index (χ0n) is 9.01. The summed E-state index contributed by atoms with van der Waals surface area (Å²) in [4.78, 5) is 22.8. The zero-order chi connectivity index (χ0) is 12.7. The van der Waals surface area contributed by atoms with E-state index < -0.39 is 33.2 Å². The summed E-state index contributed by atoms with van der Waals surface area (Å²) in [5.41, 5.74) is -1.54. The Hall–Kier alpha value is -1.15. The minimum atomic E-state index is -3.09. The highest BCUT2D eigenvalue weighted by atomic mass is 32.2. The molecule has 0 bridgehead atoms. The van der Waals surface area contributed by atoms with Crippen LogP contribution in [0.2, 0.25) is 0 Å². The average Bonchev–Trinajstić information content (AvgIpc) is 2.42. The molecular formula is C9H13NO6S. The smallest absolute Gasteiger partial charge is 0.324 e. The van der Waals surface area contributed by atoms with Crippen LogP contribution < -0.4 is 5.32 Å². The maximum Gasteiger partial charge on any atom is 0.324 e. The largest absolute Gasteiger partial charge is 0.480 e. The molecule has 2 aliphatic rings. The number of sulfone groups is 1. The van der Waals surface area contributed by atoms with Crippen LogP contribution in [0.5, 0.6) is 0 Å². The Bertz CT molecular complexity index is 452. The average molecular weight is 263 g/mol. The molecule has 7 nitrogen and oxygen atoms in total. The van der Waals surface area contributed by atoms with E-state index in [9.17, 15) is 18.0 Å². The standard InChI is InChI=1S/C9H13NO6S/c11-7(9(8(12)13)4-16-5-9)10-6-1-2-17(14,15)3-6/h6H,1-5H2,(H,10,11)(H,12,13). The maximum atomic E-state index is 11.8. The van der Waals surface area contributed by atoms with Crippen LogP contribution in [0, 0.1) is 5.41 Å². The van der Waals surface area contributed by atoms with Crippen LogP contribution in [0.1, 0.15) is 6.42 Å². The van der Waals surface area contributed by atoms with Crippen molar-refractivity contribution in [2.24, 2.45) is 5.41 Å². The number of hydrogen-bond donors (Lipinski definition) is 2. The minimum absolute atomic E-state index is 0.0362. The van der Waals surface area contributed by atoms with Crippen LogP contribution in [0.3, 0.4) is 0 Å². The van der Waals surface area contributed by atoms with Crippen molar-refractivity contribution in [3.63, 3.8) is 0 Å². The Morgan fingerprint density at radius 2 is 2.00 bits per heavy atom. The molecule has 2 aliphatic heterocycles. The lowest BCUT2D eigenvalue weighted by Gasteiger charge is -2.36. The fraction of sp³-hybridized carbons (Fsp3) is 0.778.